The molecule has 2 fully saturated rings. The second-order valence-corrected chi connectivity index (χ2v) is 8.87. The van der Waals surface area contributed by atoms with Gasteiger partial charge in [0.1, 0.15) is 6.61 Å². The summed E-state index contributed by atoms with van der Waals surface area (Å²) in [6, 6.07) is 18.3. The number of nitrogens with one attached hydrogen (secondary N) is 2. The summed E-state index contributed by atoms with van der Waals surface area (Å²) in [5.74, 6) is 0.845. The Bertz CT molecular complexity index is 823. The minimum atomic E-state index is -0.291. The molecule has 2 heterocycles. The first kappa shape index (κ1) is 18.7. The Kier molecular flexibility index (Phi) is 5.28. The topological polar surface area (TPSA) is 50.4 Å². The van der Waals surface area contributed by atoms with Gasteiger partial charge in [-0.15, -0.1) is 0 Å². The zero-order valence-corrected chi connectivity index (χ0v) is 16.9. The van der Waals surface area contributed by atoms with Crippen LogP contribution < -0.4 is 10.6 Å². The average molecular weight is 391 g/mol. The molecule has 0 spiro atoms. The number of carbonyl (C=O) groups is 1. The van der Waals surface area contributed by atoms with E-state index in [-0.39, 0.29) is 12.0 Å². The maximum absolute atomic E-state index is 12.3. The Hall–Kier alpha value is -2.33. The first-order valence-electron chi connectivity index (χ1n) is 11.1. The molecule has 2 aromatic carbocycles. The summed E-state index contributed by atoms with van der Waals surface area (Å²) in [4.78, 5) is 12.3. The van der Waals surface area contributed by atoms with Gasteiger partial charge in [-0.25, -0.2) is 4.79 Å². The average Bonchev–Trinajstić information content (AvgIpc) is 3.06. The fourth-order valence-electron chi connectivity index (χ4n) is 5.65. The van der Waals surface area contributed by atoms with Crippen molar-refractivity contribution in [3.8, 4) is 11.1 Å². The van der Waals surface area contributed by atoms with Gasteiger partial charge >= 0.3 is 6.09 Å². The standard InChI is InChI=1S/C25H30N2O2/c28-25(26-13-12-17-14-18-6-5-7-19(15-17)27-18)29-16-24-22-10-3-1-8-20(22)21-9-2-4-11-23(21)24/h1-4,8-11,17-19,24,27H,5-7,12-16H2,(H,26,28). The molecule has 0 radical (unpaired) electrons. The number of carbonyl (C=O) groups excluding carboxylic acids is 1. The molecular formula is C25H30N2O2. The highest BCUT2D eigenvalue weighted by Gasteiger charge is 2.31. The van der Waals surface area contributed by atoms with Gasteiger partial charge in [0.2, 0.25) is 0 Å². The Morgan fingerprint density at radius 1 is 0.966 bits per heavy atom. The molecule has 3 aliphatic rings. The van der Waals surface area contributed by atoms with Gasteiger partial charge in [-0.3, -0.25) is 0 Å². The maximum atomic E-state index is 12.3. The molecule has 0 aromatic heterocycles. The van der Waals surface area contributed by atoms with Crippen molar-refractivity contribution in [2.24, 2.45) is 5.92 Å². The highest BCUT2D eigenvalue weighted by atomic mass is 16.5. The van der Waals surface area contributed by atoms with Crippen LogP contribution >= 0.6 is 0 Å². The van der Waals surface area contributed by atoms with Crippen molar-refractivity contribution in [3.05, 3.63) is 59.7 Å². The zero-order valence-electron chi connectivity index (χ0n) is 16.9. The summed E-state index contributed by atoms with van der Waals surface area (Å²) in [7, 11) is 0. The molecule has 5 rings (SSSR count). The molecule has 2 aliphatic heterocycles. The number of amides is 1. The zero-order chi connectivity index (χ0) is 19.6. The number of alkyl carbamates (subject to hydrolysis) is 1. The summed E-state index contributed by atoms with van der Waals surface area (Å²) >= 11 is 0. The van der Waals surface area contributed by atoms with Crippen molar-refractivity contribution in [2.75, 3.05) is 13.2 Å². The first-order chi connectivity index (χ1) is 14.3. The van der Waals surface area contributed by atoms with E-state index in [0.717, 1.165) is 12.3 Å². The van der Waals surface area contributed by atoms with Gasteiger partial charge < -0.3 is 15.4 Å². The molecule has 2 atom stereocenters. The van der Waals surface area contributed by atoms with Gasteiger partial charge in [0.15, 0.2) is 0 Å². The van der Waals surface area contributed by atoms with Gasteiger partial charge in [0, 0.05) is 24.5 Å². The van der Waals surface area contributed by atoms with Crippen LogP contribution in [0.1, 0.15) is 55.6 Å². The second kappa shape index (κ2) is 8.19. The molecule has 2 bridgehead atoms. The van der Waals surface area contributed by atoms with E-state index in [1.807, 2.05) is 0 Å². The van der Waals surface area contributed by atoms with E-state index >= 15 is 0 Å². The SMILES string of the molecule is O=C(NCCC1CC2CCCC(C1)N2)OCC1c2ccccc2-c2ccccc21. The minimum absolute atomic E-state index is 0.122. The number of piperidine rings is 2. The van der Waals surface area contributed by atoms with Crippen molar-refractivity contribution in [1.29, 1.82) is 0 Å². The van der Waals surface area contributed by atoms with Crippen LogP contribution in [0.4, 0.5) is 4.79 Å². The maximum Gasteiger partial charge on any atom is 0.407 e. The third-order valence-electron chi connectivity index (χ3n) is 6.98. The summed E-state index contributed by atoms with van der Waals surface area (Å²) < 4.78 is 5.64. The van der Waals surface area contributed by atoms with Crippen LogP contribution in [0, 0.1) is 5.92 Å². The lowest BCUT2D eigenvalue weighted by molar-refractivity contribution is 0.140. The highest BCUT2D eigenvalue weighted by molar-refractivity contribution is 5.79. The van der Waals surface area contributed by atoms with Crippen LogP contribution in [-0.2, 0) is 4.74 Å². The van der Waals surface area contributed by atoms with Crippen molar-refractivity contribution in [2.45, 2.75) is 56.5 Å². The second-order valence-electron chi connectivity index (χ2n) is 8.87. The fourth-order valence-corrected chi connectivity index (χ4v) is 5.65. The van der Waals surface area contributed by atoms with Gasteiger partial charge in [0.05, 0.1) is 0 Å². The fraction of sp³-hybridized carbons (Fsp3) is 0.480. The van der Waals surface area contributed by atoms with Gasteiger partial charge in [-0.05, 0) is 60.3 Å². The minimum Gasteiger partial charge on any atom is -0.449 e. The molecule has 152 valence electrons. The number of rotatable bonds is 5. The van der Waals surface area contributed by atoms with Crippen LogP contribution in [0.25, 0.3) is 11.1 Å². The lowest BCUT2D eigenvalue weighted by Gasteiger charge is -2.40. The lowest BCUT2D eigenvalue weighted by Crippen LogP contribution is -2.48. The Labute approximate surface area is 173 Å². The van der Waals surface area contributed by atoms with E-state index in [9.17, 15) is 4.79 Å². The molecule has 2 aromatic rings. The van der Waals surface area contributed by atoms with Gasteiger partial charge in [-0.2, -0.15) is 0 Å². The van der Waals surface area contributed by atoms with Gasteiger partial charge in [-0.1, -0.05) is 55.0 Å². The highest BCUT2D eigenvalue weighted by Crippen LogP contribution is 2.44. The Morgan fingerprint density at radius 2 is 1.59 bits per heavy atom. The molecular weight excluding hydrogens is 360 g/mol. The quantitative estimate of drug-likeness (QED) is 0.768. The van der Waals surface area contributed by atoms with E-state index in [0.29, 0.717) is 25.2 Å². The van der Waals surface area contributed by atoms with E-state index in [1.54, 1.807) is 0 Å². The molecule has 0 saturated carbocycles. The smallest absolute Gasteiger partial charge is 0.407 e. The molecule has 4 nitrogen and oxygen atoms in total. The normalized spacial score (nSPS) is 25.2. The first-order valence-corrected chi connectivity index (χ1v) is 11.1. The van der Waals surface area contributed by atoms with Crippen LogP contribution in [0.2, 0.25) is 0 Å². The lowest BCUT2D eigenvalue weighted by atomic mass is 9.79. The van der Waals surface area contributed by atoms with E-state index in [1.165, 1.54) is 54.4 Å². The Morgan fingerprint density at radius 3 is 2.24 bits per heavy atom. The van der Waals surface area contributed by atoms with Crippen molar-refractivity contribution in [3.63, 3.8) is 0 Å². The summed E-state index contributed by atoms with van der Waals surface area (Å²) in [6.07, 6.45) is 7.26. The molecule has 2 saturated heterocycles. The van der Waals surface area contributed by atoms with Crippen LogP contribution in [0.3, 0.4) is 0 Å². The third kappa shape index (κ3) is 3.91. The van der Waals surface area contributed by atoms with Crippen molar-refractivity contribution >= 4 is 6.09 Å². The van der Waals surface area contributed by atoms with Crippen molar-refractivity contribution in [1.82, 2.24) is 10.6 Å². The van der Waals surface area contributed by atoms with Crippen molar-refractivity contribution < 1.29 is 9.53 Å². The Balaban J connectivity index is 1.13. The van der Waals surface area contributed by atoms with E-state index < -0.39 is 0 Å². The summed E-state index contributed by atoms with van der Waals surface area (Å²) in [5, 5.41) is 6.72. The molecule has 2 N–H and O–H groups in total. The summed E-state index contributed by atoms with van der Waals surface area (Å²) in [6.45, 7) is 1.10. The predicted octanol–water partition coefficient (Wildman–Crippen LogP) is 4.84. The molecule has 1 amide bonds. The largest absolute Gasteiger partial charge is 0.449 e. The number of ether oxygens (including phenoxy) is 1. The predicted molar refractivity (Wildman–Crippen MR) is 115 cm³/mol. The third-order valence-corrected chi connectivity index (χ3v) is 6.98. The monoisotopic (exact) mass is 390 g/mol. The molecule has 1 aliphatic carbocycles. The van der Waals surface area contributed by atoms with Crippen LogP contribution in [-0.4, -0.2) is 31.3 Å². The van der Waals surface area contributed by atoms with E-state index in [4.69, 9.17) is 4.74 Å². The number of benzene rings is 2. The number of hydrogen-bond donors (Lipinski definition) is 2. The molecule has 2 unspecified atom stereocenters. The number of fused-ring (bicyclic) bond motifs is 5. The van der Waals surface area contributed by atoms with Gasteiger partial charge in [0.25, 0.3) is 0 Å². The van der Waals surface area contributed by atoms with Crippen LogP contribution in [0.5, 0.6) is 0 Å². The molecule has 4 heteroatoms. The van der Waals surface area contributed by atoms with E-state index in [2.05, 4.69) is 59.2 Å². The van der Waals surface area contributed by atoms with Crippen LogP contribution in [0.15, 0.2) is 48.5 Å². The number of hydrogen-bond acceptors (Lipinski definition) is 3. The summed E-state index contributed by atoms with van der Waals surface area (Å²) in [5.41, 5.74) is 5.02. The molecule has 29 heavy (non-hydrogen) atoms.